The van der Waals surface area contributed by atoms with Gasteiger partial charge in [0.1, 0.15) is 5.78 Å². The van der Waals surface area contributed by atoms with Crippen LogP contribution in [0.15, 0.2) is 66.2 Å². The van der Waals surface area contributed by atoms with Gasteiger partial charge in [-0.1, -0.05) is 86.5 Å². The minimum absolute atomic E-state index is 0. The molecule has 2 saturated carbocycles. The second kappa shape index (κ2) is 16.5. The van der Waals surface area contributed by atoms with Gasteiger partial charge in [0.15, 0.2) is 0 Å². The van der Waals surface area contributed by atoms with E-state index in [1.165, 1.54) is 31.3 Å². The summed E-state index contributed by atoms with van der Waals surface area (Å²) in [5.41, 5.74) is 4.43. The van der Waals surface area contributed by atoms with Crippen molar-refractivity contribution in [2.24, 2.45) is 0 Å². The van der Waals surface area contributed by atoms with E-state index in [2.05, 4.69) is 12.1 Å². The van der Waals surface area contributed by atoms with Gasteiger partial charge in [0.2, 0.25) is 0 Å². The zero-order valence-corrected chi connectivity index (χ0v) is 18.4. The molecule has 0 aliphatic heterocycles. The Labute approximate surface area is 194 Å². The summed E-state index contributed by atoms with van der Waals surface area (Å²) in [5, 5.41) is 17.5. The molecule has 0 heterocycles. The summed E-state index contributed by atoms with van der Waals surface area (Å²) in [7, 11) is 0. The zero-order valence-electron chi connectivity index (χ0n) is 18.4. The zero-order chi connectivity index (χ0) is 22.2. The first-order valence-corrected chi connectivity index (χ1v) is 11.3. The van der Waals surface area contributed by atoms with Crippen LogP contribution in [0.25, 0.3) is 5.57 Å². The molecule has 0 spiro atoms. The van der Waals surface area contributed by atoms with Gasteiger partial charge in [0.05, 0.1) is 24.1 Å². The normalized spacial score (nSPS) is 14.7. The molecule has 0 aromatic heterocycles. The molecular weight excluding hydrogens is 392 g/mol. The van der Waals surface area contributed by atoms with Crippen molar-refractivity contribution in [3.05, 3.63) is 77.4 Å². The quantitative estimate of drug-likeness (QED) is 0.458. The van der Waals surface area contributed by atoms with Crippen LogP contribution in [0, 0.1) is 22.7 Å². The fraction of sp³-hybridized carbons (Fsp3) is 0.414. The van der Waals surface area contributed by atoms with Gasteiger partial charge in [-0.3, -0.25) is 4.79 Å². The predicted octanol–water partition coefficient (Wildman–Crippen LogP) is 7.84. The summed E-state index contributed by atoms with van der Waals surface area (Å²) in [5.74, 6) is 0.464. The number of nitrogens with zero attached hydrogens (tertiary/aromatic N) is 2. The fourth-order valence-electron chi connectivity index (χ4n) is 3.81. The van der Waals surface area contributed by atoms with E-state index < -0.39 is 0 Å². The molecule has 32 heavy (non-hydrogen) atoms. The number of benzene rings is 2. The SMILES string of the molecule is C.N#CC(=C1CCCCC1)c1ccccc1.N#CCc1ccccc1.O=C1CCCCC1. The Morgan fingerprint density at radius 2 is 1.22 bits per heavy atom. The Bertz CT molecular complexity index is 886. The van der Waals surface area contributed by atoms with E-state index in [9.17, 15) is 10.1 Å². The number of carbonyl (C=O) groups excluding carboxylic acids is 1. The monoisotopic (exact) mass is 428 g/mol. The van der Waals surface area contributed by atoms with Crippen molar-refractivity contribution >= 4 is 11.4 Å². The molecule has 0 N–H and O–H groups in total. The maximum absolute atomic E-state index is 10.5. The summed E-state index contributed by atoms with van der Waals surface area (Å²) < 4.78 is 0. The molecular formula is C29H36N2O. The Morgan fingerprint density at radius 3 is 1.66 bits per heavy atom. The largest absolute Gasteiger partial charge is 0.300 e. The van der Waals surface area contributed by atoms with E-state index in [-0.39, 0.29) is 7.43 Å². The Balaban J connectivity index is 0.000000258. The third-order valence-electron chi connectivity index (χ3n) is 5.52. The van der Waals surface area contributed by atoms with Crippen LogP contribution in [0.1, 0.15) is 82.8 Å². The molecule has 2 fully saturated rings. The molecule has 3 heteroatoms. The topological polar surface area (TPSA) is 64.7 Å². The van der Waals surface area contributed by atoms with Crippen molar-refractivity contribution in [3.63, 3.8) is 0 Å². The Morgan fingerprint density at radius 1 is 0.719 bits per heavy atom. The van der Waals surface area contributed by atoms with Crippen molar-refractivity contribution in [1.29, 1.82) is 10.5 Å². The van der Waals surface area contributed by atoms with Gasteiger partial charge >= 0.3 is 0 Å². The first kappa shape index (κ1) is 26.9. The molecule has 168 valence electrons. The number of hydrogen-bond acceptors (Lipinski definition) is 3. The molecule has 0 atom stereocenters. The molecule has 3 nitrogen and oxygen atoms in total. The van der Waals surface area contributed by atoms with Crippen LogP contribution in [0.4, 0.5) is 0 Å². The van der Waals surface area contributed by atoms with Crippen LogP contribution >= 0.6 is 0 Å². The molecule has 0 radical (unpaired) electrons. The van der Waals surface area contributed by atoms with Crippen molar-refractivity contribution < 1.29 is 4.79 Å². The van der Waals surface area contributed by atoms with Gasteiger partial charge in [-0.2, -0.15) is 10.5 Å². The first-order valence-electron chi connectivity index (χ1n) is 11.3. The van der Waals surface area contributed by atoms with E-state index >= 15 is 0 Å². The lowest BCUT2D eigenvalue weighted by Gasteiger charge is -2.15. The maximum atomic E-state index is 10.5. The van der Waals surface area contributed by atoms with Gasteiger partial charge in [0, 0.05) is 12.8 Å². The third kappa shape index (κ3) is 10.2. The standard InChI is InChI=1S/C14H15N.C8H7N.C6H10O.CH4/c15-11-14(12-7-3-1-4-8-12)13-9-5-2-6-10-13;9-7-6-8-4-2-1-3-5-8;7-6-4-2-1-3-5-6;/h1,3-4,7-8H,2,5-6,9-10H2;1-5H,6H2;1-5H2;1H4. The van der Waals surface area contributed by atoms with Gasteiger partial charge in [0.25, 0.3) is 0 Å². The lowest BCUT2D eigenvalue weighted by atomic mass is 9.89. The molecule has 0 saturated heterocycles. The van der Waals surface area contributed by atoms with Gasteiger partial charge in [-0.25, -0.2) is 0 Å². The Kier molecular flexibility index (Phi) is 13.9. The van der Waals surface area contributed by atoms with Crippen molar-refractivity contribution in [1.82, 2.24) is 0 Å². The summed E-state index contributed by atoms with van der Waals surface area (Å²) in [4.78, 5) is 10.5. The number of hydrogen-bond donors (Lipinski definition) is 0. The second-order valence-corrected chi connectivity index (χ2v) is 7.94. The average molecular weight is 429 g/mol. The summed E-state index contributed by atoms with van der Waals surface area (Å²) in [6, 6.07) is 24.2. The van der Waals surface area contributed by atoms with Gasteiger partial charge in [-0.15, -0.1) is 0 Å². The highest BCUT2D eigenvalue weighted by Gasteiger charge is 2.12. The van der Waals surface area contributed by atoms with Crippen LogP contribution in [-0.4, -0.2) is 5.78 Å². The van der Waals surface area contributed by atoms with Crippen LogP contribution < -0.4 is 0 Å². The second-order valence-electron chi connectivity index (χ2n) is 7.94. The maximum Gasteiger partial charge on any atom is 0.132 e. The van der Waals surface area contributed by atoms with Crippen LogP contribution in [0.3, 0.4) is 0 Å². The lowest BCUT2D eigenvalue weighted by molar-refractivity contribution is -0.120. The van der Waals surface area contributed by atoms with Crippen LogP contribution in [0.5, 0.6) is 0 Å². The molecule has 2 aromatic carbocycles. The first-order chi connectivity index (χ1) is 15.2. The number of nitriles is 2. The number of allylic oxidation sites excluding steroid dienone is 2. The molecule has 2 aromatic rings. The average Bonchev–Trinajstić information content (AvgIpc) is 2.83. The number of ketones is 1. The predicted molar refractivity (Wildman–Crippen MR) is 133 cm³/mol. The highest BCUT2D eigenvalue weighted by atomic mass is 16.1. The smallest absolute Gasteiger partial charge is 0.132 e. The van der Waals surface area contributed by atoms with Crippen molar-refractivity contribution in [2.45, 2.75) is 78.1 Å². The summed E-state index contributed by atoms with van der Waals surface area (Å²) in [6.07, 6.45) is 11.8. The number of Topliss-reactive ketones (excluding diaryl/α,β-unsaturated/α-hetero) is 1. The van der Waals surface area contributed by atoms with Crippen molar-refractivity contribution in [2.75, 3.05) is 0 Å². The van der Waals surface area contributed by atoms with Gasteiger partial charge < -0.3 is 0 Å². The molecule has 2 aliphatic carbocycles. The van der Waals surface area contributed by atoms with E-state index in [0.29, 0.717) is 12.2 Å². The molecule has 0 amide bonds. The summed E-state index contributed by atoms with van der Waals surface area (Å²) in [6.45, 7) is 0. The minimum atomic E-state index is 0. The molecule has 2 aliphatic rings. The molecule has 0 unspecified atom stereocenters. The van der Waals surface area contributed by atoms with Gasteiger partial charge in [-0.05, 0) is 49.7 Å². The fourth-order valence-corrected chi connectivity index (χ4v) is 3.81. The van der Waals surface area contributed by atoms with E-state index in [4.69, 9.17) is 5.26 Å². The lowest BCUT2D eigenvalue weighted by Crippen LogP contribution is -2.02. The van der Waals surface area contributed by atoms with Crippen LogP contribution in [-0.2, 0) is 11.2 Å². The molecule has 4 rings (SSSR count). The minimum Gasteiger partial charge on any atom is -0.300 e. The highest BCUT2D eigenvalue weighted by Crippen LogP contribution is 2.30. The summed E-state index contributed by atoms with van der Waals surface area (Å²) >= 11 is 0. The Hall–Kier alpha value is -3.17. The molecule has 0 bridgehead atoms. The number of rotatable bonds is 2. The van der Waals surface area contributed by atoms with E-state index in [1.54, 1.807) is 0 Å². The third-order valence-corrected chi connectivity index (χ3v) is 5.52. The van der Waals surface area contributed by atoms with Crippen LogP contribution in [0.2, 0.25) is 0 Å². The van der Waals surface area contributed by atoms with Crippen molar-refractivity contribution in [3.8, 4) is 12.1 Å². The highest BCUT2D eigenvalue weighted by molar-refractivity contribution is 5.79. The van der Waals surface area contributed by atoms with E-state index in [0.717, 1.165) is 55.2 Å². The van der Waals surface area contributed by atoms with E-state index in [1.807, 2.05) is 60.7 Å². The number of carbonyl (C=O) groups is 1.